The monoisotopic (exact) mass is 414 g/mol. The molecule has 0 saturated carbocycles. The molecule has 3 aromatic carbocycles. The summed E-state index contributed by atoms with van der Waals surface area (Å²) in [6, 6.07) is 24.4. The average Bonchev–Trinajstić information content (AvgIpc) is 3.28. The van der Waals surface area contributed by atoms with E-state index in [0.717, 1.165) is 17.7 Å². The summed E-state index contributed by atoms with van der Waals surface area (Å²) in [6.45, 7) is 0. The molecule has 0 bridgehead atoms. The molecule has 3 aromatic rings. The zero-order chi connectivity index (χ0) is 20.5. The van der Waals surface area contributed by atoms with E-state index in [2.05, 4.69) is 59.9 Å². The molecule has 3 atom stereocenters. The molecule has 30 heavy (non-hydrogen) atoms. The number of nitro benzene ring substituents is 1. The summed E-state index contributed by atoms with van der Waals surface area (Å²) in [5.41, 5.74) is 5.10. The number of nitrogens with one attached hydrogen (secondary N) is 1. The number of nitro groups is 1. The van der Waals surface area contributed by atoms with Gasteiger partial charge in [0.2, 0.25) is 0 Å². The Kier molecular flexibility index (Phi) is 5.05. The van der Waals surface area contributed by atoms with Crippen molar-refractivity contribution in [2.24, 2.45) is 5.92 Å². The Morgan fingerprint density at radius 2 is 1.83 bits per heavy atom. The van der Waals surface area contributed by atoms with Crippen LogP contribution in [0.5, 0.6) is 0 Å². The highest BCUT2D eigenvalue weighted by molar-refractivity contribution is 7.98. The van der Waals surface area contributed by atoms with Crippen LogP contribution >= 0.6 is 11.8 Å². The molecule has 1 aliphatic heterocycles. The lowest BCUT2D eigenvalue weighted by atomic mass is 9.76. The summed E-state index contributed by atoms with van der Waals surface area (Å²) >= 11 is 1.86. The molecule has 0 saturated heterocycles. The third kappa shape index (κ3) is 3.61. The minimum Gasteiger partial charge on any atom is -0.378 e. The van der Waals surface area contributed by atoms with Gasteiger partial charge in [0.05, 0.1) is 11.0 Å². The zero-order valence-electron chi connectivity index (χ0n) is 16.4. The standard InChI is InChI=1S/C25H22N2O2S/c28-27(29)19-12-10-18(11-13-19)25-22-8-4-7-21(22)23-15-17(9-14-24(23)26-25)16-30-20-5-2-1-3-6-20/h1-7,9-15,21-22,25-26H,8,16H2/t21-,22+,25-/m0/s1. The minimum absolute atomic E-state index is 0.136. The predicted octanol–water partition coefficient (Wildman–Crippen LogP) is 6.71. The van der Waals surface area contributed by atoms with Gasteiger partial charge in [-0.3, -0.25) is 10.1 Å². The van der Waals surface area contributed by atoms with Crippen LogP contribution in [0.4, 0.5) is 11.4 Å². The van der Waals surface area contributed by atoms with Crippen molar-refractivity contribution in [3.05, 3.63) is 112 Å². The van der Waals surface area contributed by atoms with E-state index in [9.17, 15) is 10.1 Å². The van der Waals surface area contributed by atoms with Gasteiger partial charge in [-0.1, -0.05) is 54.6 Å². The van der Waals surface area contributed by atoms with Gasteiger partial charge in [0.1, 0.15) is 0 Å². The molecule has 0 radical (unpaired) electrons. The number of anilines is 1. The molecule has 1 heterocycles. The SMILES string of the molecule is O=[N+]([O-])c1ccc([C@@H]2Nc3ccc(CSc4ccccc4)cc3[C@H]3C=CC[C@H]32)cc1. The van der Waals surface area contributed by atoms with Gasteiger partial charge in [0, 0.05) is 34.4 Å². The van der Waals surface area contributed by atoms with Crippen molar-refractivity contribution in [3.63, 3.8) is 0 Å². The lowest BCUT2D eigenvalue weighted by molar-refractivity contribution is -0.384. The number of nitrogens with zero attached hydrogens (tertiary/aromatic N) is 1. The molecule has 5 rings (SSSR count). The Balaban J connectivity index is 1.40. The molecule has 0 spiro atoms. The highest BCUT2D eigenvalue weighted by Crippen LogP contribution is 2.50. The van der Waals surface area contributed by atoms with Crippen LogP contribution in [0.25, 0.3) is 0 Å². The van der Waals surface area contributed by atoms with E-state index in [1.807, 2.05) is 30.0 Å². The van der Waals surface area contributed by atoms with Crippen LogP contribution in [0, 0.1) is 16.0 Å². The van der Waals surface area contributed by atoms with Crippen LogP contribution in [0.2, 0.25) is 0 Å². The number of hydrogen-bond donors (Lipinski definition) is 1. The molecular formula is C25H22N2O2S. The molecule has 0 aromatic heterocycles. The highest BCUT2D eigenvalue weighted by atomic mass is 32.2. The summed E-state index contributed by atoms with van der Waals surface area (Å²) in [6.07, 6.45) is 5.62. The van der Waals surface area contributed by atoms with Gasteiger partial charge in [0.25, 0.3) is 5.69 Å². The van der Waals surface area contributed by atoms with Gasteiger partial charge < -0.3 is 5.32 Å². The van der Waals surface area contributed by atoms with Crippen molar-refractivity contribution in [1.82, 2.24) is 0 Å². The maximum atomic E-state index is 11.0. The first kappa shape index (κ1) is 18.9. The van der Waals surface area contributed by atoms with Crippen molar-refractivity contribution in [2.45, 2.75) is 29.0 Å². The van der Waals surface area contributed by atoms with E-state index >= 15 is 0 Å². The smallest absolute Gasteiger partial charge is 0.269 e. The third-order valence-corrected chi connectivity index (χ3v) is 7.12. The maximum absolute atomic E-state index is 11.0. The first-order valence-corrected chi connectivity index (χ1v) is 11.2. The number of non-ortho nitro benzene ring substituents is 1. The molecule has 150 valence electrons. The van der Waals surface area contributed by atoms with Gasteiger partial charge in [-0.15, -0.1) is 11.8 Å². The van der Waals surface area contributed by atoms with Gasteiger partial charge >= 0.3 is 0 Å². The highest BCUT2D eigenvalue weighted by Gasteiger charge is 2.38. The van der Waals surface area contributed by atoms with Gasteiger partial charge in [-0.25, -0.2) is 0 Å². The number of thioether (sulfide) groups is 1. The number of benzene rings is 3. The second-order valence-corrected chi connectivity index (χ2v) is 8.90. The normalized spacial score (nSPS) is 21.5. The molecule has 4 nitrogen and oxygen atoms in total. The van der Waals surface area contributed by atoms with Crippen molar-refractivity contribution < 1.29 is 4.92 Å². The molecule has 0 amide bonds. The molecule has 2 aliphatic rings. The molecule has 1 N–H and O–H groups in total. The number of rotatable bonds is 5. The Morgan fingerprint density at radius 1 is 1.03 bits per heavy atom. The van der Waals surface area contributed by atoms with Crippen LogP contribution in [0.1, 0.15) is 35.1 Å². The van der Waals surface area contributed by atoms with E-state index in [0.29, 0.717) is 11.8 Å². The van der Waals surface area contributed by atoms with Crippen LogP contribution in [-0.2, 0) is 5.75 Å². The summed E-state index contributed by atoms with van der Waals surface area (Å²) in [5.74, 6) is 1.75. The fourth-order valence-corrected chi connectivity index (χ4v) is 5.41. The Bertz CT molecular complexity index is 1100. The number of hydrogen-bond acceptors (Lipinski definition) is 4. The second kappa shape index (κ2) is 8.00. The van der Waals surface area contributed by atoms with E-state index < -0.39 is 0 Å². The molecule has 0 fully saturated rings. The Hall–Kier alpha value is -3.05. The van der Waals surface area contributed by atoms with Crippen LogP contribution in [0.15, 0.2) is 89.8 Å². The molecular weight excluding hydrogens is 392 g/mol. The van der Waals surface area contributed by atoms with Crippen molar-refractivity contribution in [3.8, 4) is 0 Å². The molecule has 5 heteroatoms. The topological polar surface area (TPSA) is 55.2 Å². The average molecular weight is 415 g/mol. The fourth-order valence-electron chi connectivity index (χ4n) is 4.55. The van der Waals surface area contributed by atoms with Crippen LogP contribution in [0.3, 0.4) is 0 Å². The van der Waals surface area contributed by atoms with Crippen LogP contribution < -0.4 is 5.32 Å². The molecule has 0 unspecified atom stereocenters. The summed E-state index contributed by atoms with van der Waals surface area (Å²) in [5, 5.41) is 14.7. The summed E-state index contributed by atoms with van der Waals surface area (Å²) in [4.78, 5) is 11.9. The first-order valence-electron chi connectivity index (χ1n) is 10.2. The Morgan fingerprint density at radius 3 is 2.60 bits per heavy atom. The van der Waals surface area contributed by atoms with Gasteiger partial charge in [0.15, 0.2) is 0 Å². The summed E-state index contributed by atoms with van der Waals surface area (Å²) in [7, 11) is 0. The largest absolute Gasteiger partial charge is 0.378 e. The first-order chi connectivity index (χ1) is 14.7. The predicted molar refractivity (Wildman–Crippen MR) is 122 cm³/mol. The van der Waals surface area contributed by atoms with Crippen molar-refractivity contribution in [1.29, 1.82) is 0 Å². The van der Waals surface area contributed by atoms with Crippen molar-refractivity contribution in [2.75, 3.05) is 5.32 Å². The number of fused-ring (bicyclic) bond motifs is 3. The lowest BCUT2D eigenvalue weighted by Gasteiger charge is -2.37. The van der Waals surface area contributed by atoms with Gasteiger partial charge in [-0.05, 0) is 47.2 Å². The van der Waals surface area contributed by atoms with E-state index in [4.69, 9.17) is 0 Å². The van der Waals surface area contributed by atoms with E-state index in [1.54, 1.807) is 12.1 Å². The van der Waals surface area contributed by atoms with E-state index in [-0.39, 0.29) is 16.7 Å². The Labute approximate surface area is 180 Å². The molecule has 1 aliphatic carbocycles. The fraction of sp³-hybridized carbons (Fsp3) is 0.200. The number of allylic oxidation sites excluding steroid dienone is 2. The second-order valence-electron chi connectivity index (χ2n) is 7.85. The minimum atomic E-state index is -0.345. The summed E-state index contributed by atoms with van der Waals surface area (Å²) < 4.78 is 0. The zero-order valence-corrected chi connectivity index (χ0v) is 17.2. The van der Waals surface area contributed by atoms with E-state index in [1.165, 1.54) is 21.7 Å². The lowest BCUT2D eigenvalue weighted by Crippen LogP contribution is -2.29. The van der Waals surface area contributed by atoms with Crippen LogP contribution in [-0.4, -0.2) is 4.92 Å². The van der Waals surface area contributed by atoms with Gasteiger partial charge in [-0.2, -0.15) is 0 Å². The maximum Gasteiger partial charge on any atom is 0.269 e. The quantitative estimate of drug-likeness (QED) is 0.218. The third-order valence-electron chi connectivity index (χ3n) is 6.04. The van der Waals surface area contributed by atoms with Crippen molar-refractivity contribution >= 4 is 23.1 Å².